The lowest BCUT2D eigenvalue weighted by Crippen LogP contribution is -2.30. The first-order valence-electron chi connectivity index (χ1n) is 31.6. The van der Waals surface area contributed by atoms with E-state index in [0.717, 1.165) is 89.9 Å². The zero-order valence-corrected chi connectivity index (χ0v) is 48.8. The summed E-state index contributed by atoms with van der Waals surface area (Å²) in [4.78, 5) is 38.2. The van der Waals surface area contributed by atoms with Crippen molar-refractivity contribution in [2.75, 3.05) is 13.2 Å². The number of hydrogen-bond donors (Lipinski definition) is 0. The van der Waals surface area contributed by atoms with Gasteiger partial charge in [0.15, 0.2) is 6.10 Å². The molecular weight excluding hydrogens is 913 g/mol. The molecule has 0 amide bonds. The number of rotatable bonds is 57. The molecule has 0 aliphatic rings. The monoisotopic (exact) mass is 1030 g/mol. The molecular formula is C68H118O6. The van der Waals surface area contributed by atoms with Crippen molar-refractivity contribution in [3.8, 4) is 0 Å². The number of hydrogen-bond acceptors (Lipinski definition) is 6. The Hall–Kier alpha value is -3.41. The van der Waals surface area contributed by atoms with E-state index in [4.69, 9.17) is 14.2 Å². The van der Waals surface area contributed by atoms with Crippen molar-refractivity contribution in [1.29, 1.82) is 0 Å². The normalized spacial score (nSPS) is 12.6. The fourth-order valence-electron chi connectivity index (χ4n) is 8.94. The largest absolute Gasteiger partial charge is 0.462 e. The van der Waals surface area contributed by atoms with Gasteiger partial charge in [-0.15, -0.1) is 0 Å². The maximum atomic E-state index is 12.9. The summed E-state index contributed by atoms with van der Waals surface area (Å²) in [7, 11) is 0. The second kappa shape index (κ2) is 62.1. The summed E-state index contributed by atoms with van der Waals surface area (Å²) in [6.45, 7) is 6.49. The Morgan fingerprint density at radius 2 is 0.554 bits per heavy atom. The van der Waals surface area contributed by atoms with E-state index in [-0.39, 0.29) is 31.6 Å². The first-order valence-corrected chi connectivity index (χ1v) is 31.6. The van der Waals surface area contributed by atoms with Gasteiger partial charge in [-0.25, -0.2) is 0 Å². The number of esters is 3. The number of allylic oxidation sites excluding steroid dienone is 14. The Labute approximate surface area is 458 Å². The molecule has 0 aromatic heterocycles. The zero-order chi connectivity index (χ0) is 53.6. The van der Waals surface area contributed by atoms with E-state index in [0.29, 0.717) is 19.3 Å². The predicted octanol–water partition coefficient (Wildman–Crippen LogP) is 21.5. The number of unbranched alkanes of at least 4 members (excludes halogenated alkanes) is 32. The third kappa shape index (κ3) is 59.5. The van der Waals surface area contributed by atoms with Crippen LogP contribution in [-0.2, 0) is 28.6 Å². The Morgan fingerprint density at radius 1 is 0.284 bits per heavy atom. The van der Waals surface area contributed by atoms with Crippen molar-refractivity contribution >= 4 is 17.9 Å². The molecule has 0 spiro atoms. The van der Waals surface area contributed by atoms with Crippen molar-refractivity contribution < 1.29 is 28.6 Å². The minimum absolute atomic E-state index is 0.107. The van der Waals surface area contributed by atoms with Gasteiger partial charge in [0.25, 0.3) is 0 Å². The molecule has 0 rings (SSSR count). The van der Waals surface area contributed by atoms with Gasteiger partial charge in [-0.2, -0.15) is 0 Å². The summed E-state index contributed by atoms with van der Waals surface area (Å²) in [5, 5.41) is 0. The van der Waals surface area contributed by atoms with Crippen molar-refractivity contribution in [2.24, 2.45) is 0 Å². The highest BCUT2D eigenvalue weighted by atomic mass is 16.6. The maximum Gasteiger partial charge on any atom is 0.306 e. The van der Waals surface area contributed by atoms with Crippen LogP contribution in [0, 0.1) is 0 Å². The Balaban J connectivity index is 4.43. The maximum absolute atomic E-state index is 12.9. The van der Waals surface area contributed by atoms with Gasteiger partial charge in [0.2, 0.25) is 0 Å². The SMILES string of the molecule is CC/C=C\C/C=C\C/C=C\C/C=C\C/C=C\C/C=C\CCC(=O)OC(COC(=O)CCCCCCC/C=C\CCCCCCCC)COC(=O)CCCCCCCCCCCCCCCCCCCCCCCC. The second-order valence-electron chi connectivity index (χ2n) is 20.9. The van der Waals surface area contributed by atoms with Crippen LogP contribution in [0.5, 0.6) is 0 Å². The molecule has 0 aromatic carbocycles. The smallest absolute Gasteiger partial charge is 0.306 e. The van der Waals surface area contributed by atoms with Crippen LogP contribution in [0.3, 0.4) is 0 Å². The summed E-state index contributed by atoms with van der Waals surface area (Å²) < 4.78 is 16.8. The fraction of sp³-hybridized carbons (Fsp3) is 0.750. The molecule has 0 fully saturated rings. The molecule has 0 N–H and O–H groups in total. The van der Waals surface area contributed by atoms with Crippen LogP contribution in [0.25, 0.3) is 0 Å². The lowest BCUT2D eigenvalue weighted by atomic mass is 10.0. The molecule has 6 nitrogen and oxygen atoms in total. The lowest BCUT2D eigenvalue weighted by Gasteiger charge is -2.18. The van der Waals surface area contributed by atoms with Crippen LogP contribution in [-0.4, -0.2) is 37.2 Å². The molecule has 0 aliphatic carbocycles. The van der Waals surface area contributed by atoms with Crippen LogP contribution in [0.1, 0.15) is 310 Å². The average Bonchev–Trinajstić information content (AvgIpc) is 3.40. The molecule has 0 bridgehead atoms. The molecule has 0 radical (unpaired) electrons. The topological polar surface area (TPSA) is 78.9 Å². The lowest BCUT2D eigenvalue weighted by molar-refractivity contribution is -0.166. The van der Waals surface area contributed by atoms with Crippen LogP contribution in [0.15, 0.2) is 85.1 Å². The van der Waals surface area contributed by atoms with Crippen molar-refractivity contribution in [1.82, 2.24) is 0 Å². The van der Waals surface area contributed by atoms with Crippen LogP contribution >= 0.6 is 0 Å². The van der Waals surface area contributed by atoms with Gasteiger partial charge in [0, 0.05) is 19.3 Å². The molecule has 1 atom stereocenters. The van der Waals surface area contributed by atoms with Gasteiger partial charge < -0.3 is 14.2 Å². The summed E-state index contributed by atoms with van der Waals surface area (Å²) >= 11 is 0. The molecule has 0 saturated carbocycles. The molecule has 0 aliphatic heterocycles. The molecule has 0 saturated heterocycles. The Kier molecular flexibility index (Phi) is 59.3. The highest BCUT2D eigenvalue weighted by Gasteiger charge is 2.19. The van der Waals surface area contributed by atoms with Crippen LogP contribution in [0.2, 0.25) is 0 Å². The van der Waals surface area contributed by atoms with Gasteiger partial charge >= 0.3 is 17.9 Å². The average molecular weight is 1030 g/mol. The summed E-state index contributed by atoms with van der Waals surface area (Å²) in [6, 6.07) is 0. The summed E-state index contributed by atoms with van der Waals surface area (Å²) in [5.41, 5.74) is 0. The quantitative estimate of drug-likeness (QED) is 0.0261. The fourth-order valence-corrected chi connectivity index (χ4v) is 8.94. The number of carbonyl (C=O) groups excluding carboxylic acids is 3. The zero-order valence-electron chi connectivity index (χ0n) is 48.8. The third-order valence-corrected chi connectivity index (χ3v) is 13.6. The van der Waals surface area contributed by atoms with Gasteiger partial charge in [-0.3, -0.25) is 14.4 Å². The summed E-state index contributed by atoms with van der Waals surface area (Å²) in [6.07, 6.45) is 81.7. The number of ether oxygens (including phenoxy) is 3. The highest BCUT2D eigenvalue weighted by Crippen LogP contribution is 2.17. The molecule has 74 heavy (non-hydrogen) atoms. The van der Waals surface area contributed by atoms with Gasteiger partial charge in [0.05, 0.1) is 0 Å². The van der Waals surface area contributed by atoms with Gasteiger partial charge in [-0.05, 0) is 83.5 Å². The molecule has 1 unspecified atom stereocenters. The number of carbonyl (C=O) groups is 3. The summed E-state index contributed by atoms with van der Waals surface area (Å²) in [5.74, 6) is -0.988. The minimum atomic E-state index is -0.820. The second-order valence-corrected chi connectivity index (χ2v) is 20.9. The van der Waals surface area contributed by atoms with Crippen molar-refractivity contribution in [2.45, 2.75) is 316 Å². The Bertz CT molecular complexity index is 1420. The first kappa shape index (κ1) is 70.6. The molecule has 6 heteroatoms. The van der Waals surface area contributed by atoms with Gasteiger partial charge in [0.1, 0.15) is 13.2 Å². The van der Waals surface area contributed by atoms with E-state index in [1.165, 1.54) is 173 Å². The van der Waals surface area contributed by atoms with E-state index >= 15 is 0 Å². The van der Waals surface area contributed by atoms with Crippen LogP contribution < -0.4 is 0 Å². The van der Waals surface area contributed by atoms with E-state index < -0.39 is 12.1 Å². The van der Waals surface area contributed by atoms with Gasteiger partial charge in [-0.1, -0.05) is 292 Å². The van der Waals surface area contributed by atoms with E-state index in [1.807, 2.05) is 6.08 Å². The highest BCUT2D eigenvalue weighted by molar-refractivity contribution is 5.71. The van der Waals surface area contributed by atoms with Crippen molar-refractivity contribution in [3.05, 3.63) is 85.1 Å². The van der Waals surface area contributed by atoms with E-state index in [9.17, 15) is 14.4 Å². The standard InChI is InChI=1S/C68H118O6/c1-4-7-10-13-16-19-22-25-28-30-32-33-34-36-37-40-43-46-49-52-55-58-61-67(70)73-64-65(63-72-66(69)60-57-54-51-48-45-42-39-27-24-21-18-15-12-9-6-3)74-68(71)62-59-56-53-50-47-44-41-38-35-31-29-26-23-20-17-14-11-8-5-2/h8,11,17,20,26-27,29,35,38-39,44,47,53,56,65H,4-7,9-10,12-16,18-19,21-25,28,30-34,36-37,40-43,45-46,48-52,54-55,57-64H2,1-3H3/b11-8-,20-17-,29-26-,38-35-,39-27-,47-44-,56-53-. The first-order chi connectivity index (χ1) is 36.5. The Morgan fingerprint density at radius 3 is 0.878 bits per heavy atom. The van der Waals surface area contributed by atoms with Crippen LogP contribution in [0.4, 0.5) is 0 Å². The van der Waals surface area contributed by atoms with E-state index in [1.54, 1.807) is 0 Å². The molecule has 0 aromatic rings. The predicted molar refractivity (Wildman–Crippen MR) is 321 cm³/mol. The third-order valence-electron chi connectivity index (χ3n) is 13.6. The van der Waals surface area contributed by atoms with Crippen molar-refractivity contribution in [3.63, 3.8) is 0 Å². The van der Waals surface area contributed by atoms with E-state index in [2.05, 4.69) is 99.8 Å². The molecule has 0 heterocycles. The molecule has 426 valence electrons. The minimum Gasteiger partial charge on any atom is -0.462 e.